The third-order valence-corrected chi connectivity index (χ3v) is 8.46. The summed E-state index contributed by atoms with van der Waals surface area (Å²) in [6.45, 7) is 2.28. The van der Waals surface area contributed by atoms with Gasteiger partial charge in [0.25, 0.3) is 10.0 Å². The lowest BCUT2D eigenvalue weighted by atomic mass is 10.1. The molecule has 14 heteroatoms. The Kier molecular flexibility index (Phi) is 7.83. The van der Waals surface area contributed by atoms with Gasteiger partial charge in [-0.1, -0.05) is 17.7 Å². The van der Waals surface area contributed by atoms with E-state index in [-0.39, 0.29) is 30.2 Å². The van der Waals surface area contributed by atoms with Crippen molar-refractivity contribution >= 4 is 33.8 Å². The summed E-state index contributed by atoms with van der Waals surface area (Å²) in [6, 6.07) is 3.65. The number of nitrogens with one attached hydrogen (secondary N) is 2. The van der Waals surface area contributed by atoms with Crippen molar-refractivity contribution in [3.8, 4) is 0 Å². The van der Waals surface area contributed by atoms with Crippen LogP contribution in [0.5, 0.6) is 0 Å². The molecular weight excluding hydrogens is 514 g/mol. The minimum atomic E-state index is -3.84. The third kappa shape index (κ3) is 5.70. The molecule has 4 rings (SSSR count). The Labute approximate surface area is 220 Å². The maximum Gasteiger partial charge on any atom is 0.324 e. The second-order valence-corrected chi connectivity index (χ2v) is 11.4. The van der Waals surface area contributed by atoms with E-state index in [0.717, 1.165) is 9.54 Å². The molecule has 0 aliphatic carbocycles. The highest BCUT2D eigenvalue weighted by atomic mass is 32.2. The first-order valence-electron chi connectivity index (χ1n) is 12.2. The summed E-state index contributed by atoms with van der Waals surface area (Å²) in [4.78, 5) is 56.5. The highest BCUT2D eigenvalue weighted by Gasteiger charge is 2.37. The van der Waals surface area contributed by atoms with Gasteiger partial charge in [-0.05, 0) is 31.9 Å². The zero-order valence-corrected chi connectivity index (χ0v) is 22.0. The molecule has 2 saturated heterocycles. The summed E-state index contributed by atoms with van der Waals surface area (Å²) in [5, 5.41) is 4.95. The first-order valence-corrected chi connectivity index (χ1v) is 13.7. The zero-order valence-electron chi connectivity index (χ0n) is 21.2. The van der Waals surface area contributed by atoms with Gasteiger partial charge in [-0.25, -0.2) is 22.2 Å². The first kappa shape index (κ1) is 27.3. The second-order valence-electron chi connectivity index (χ2n) is 9.58. The van der Waals surface area contributed by atoms with Gasteiger partial charge in [0, 0.05) is 39.2 Å². The molecule has 2 fully saturated rings. The Morgan fingerprint density at radius 1 is 1.24 bits per heavy atom. The molecule has 0 bridgehead atoms. The number of rotatable bonds is 8. The normalized spacial score (nSPS) is 20.8. The standard InChI is InChI=1S/C24H31N7O6S/c1-15-5-7-18(8-6-15)38(36,37)30-13-16(27-14-30)10-19(25)23(34)31-9-3-4-20(31)22(33)26-12-17-11-21(32)28-24(35)29(17)2/h5-8,13-14,17,19-20H,3-4,9-12,25H2,1-2H3,(H,26,33)(H,28,32,35)/t17?,19-,20-/m0/s1. The average molecular weight is 546 g/mol. The van der Waals surface area contributed by atoms with E-state index in [1.807, 2.05) is 6.92 Å². The number of urea groups is 1. The molecule has 1 unspecified atom stereocenters. The van der Waals surface area contributed by atoms with E-state index in [1.54, 1.807) is 12.1 Å². The van der Waals surface area contributed by atoms with Crippen molar-refractivity contribution in [2.75, 3.05) is 20.1 Å². The van der Waals surface area contributed by atoms with E-state index < -0.39 is 46.0 Å². The average Bonchev–Trinajstić information content (AvgIpc) is 3.55. The SMILES string of the molecule is Cc1ccc(S(=O)(=O)n2cnc(C[C@H](N)C(=O)N3CCC[C@H]3C(=O)NCC3CC(=O)NC(=O)N3C)c2)cc1. The zero-order chi connectivity index (χ0) is 27.6. The molecule has 2 aliphatic heterocycles. The molecule has 4 N–H and O–H groups in total. The monoisotopic (exact) mass is 545 g/mol. The number of hydrogen-bond donors (Lipinski definition) is 3. The molecule has 1 aromatic carbocycles. The van der Waals surface area contributed by atoms with Crippen LogP contribution < -0.4 is 16.4 Å². The van der Waals surface area contributed by atoms with Crippen LogP contribution in [-0.2, 0) is 30.8 Å². The summed E-state index contributed by atoms with van der Waals surface area (Å²) in [7, 11) is -2.30. The lowest BCUT2D eigenvalue weighted by Crippen LogP contribution is -2.58. The maximum absolute atomic E-state index is 13.1. The molecular formula is C24H31N7O6S. The summed E-state index contributed by atoms with van der Waals surface area (Å²) < 4.78 is 26.7. The fourth-order valence-corrected chi connectivity index (χ4v) is 5.72. The lowest BCUT2D eigenvalue weighted by Gasteiger charge is -2.33. The number of carbonyl (C=O) groups excluding carboxylic acids is 4. The topological polar surface area (TPSA) is 177 Å². The van der Waals surface area contributed by atoms with Gasteiger partial charge >= 0.3 is 6.03 Å². The van der Waals surface area contributed by atoms with Crippen LogP contribution in [0, 0.1) is 6.92 Å². The minimum Gasteiger partial charge on any atom is -0.352 e. The number of aryl methyl sites for hydroxylation is 1. The molecule has 5 amide bonds. The van der Waals surface area contributed by atoms with E-state index in [0.29, 0.717) is 25.1 Å². The minimum absolute atomic E-state index is 0.00974. The van der Waals surface area contributed by atoms with Gasteiger partial charge in [-0.2, -0.15) is 0 Å². The van der Waals surface area contributed by atoms with Crippen molar-refractivity contribution in [2.45, 2.75) is 55.6 Å². The van der Waals surface area contributed by atoms with Gasteiger partial charge in [0.2, 0.25) is 17.7 Å². The molecule has 2 aliphatic rings. The van der Waals surface area contributed by atoms with Crippen LogP contribution in [0.4, 0.5) is 4.79 Å². The van der Waals surface area contributed by atoms with Crippen molar-refractivity contribution in [1.82, 2.24) is 29.4 Å². The van der Waals surface area contributed by atoms with Crippen molar-refractivity contribution < 1.29 is 27.6 Å². The Hall–Kier alpha value is -3.78. The summed E-state index contributed by atoms with van der Waals surface area (Å²) in [5.41, 5.74) is 7.42. The van der Waals surface area contributed by atoms with Crippen LogP contribution in [0.3, 0.4) is 0 Å². The number of aromatic nitrogens is 2. The van der Waals surface area contributed by atoms with Gasteiger partial charge in [0.05, 0.1) is 22.7 Å². The number of likely N-dealkylation sites (N-methyl/N-ethyl adjacent to an activating group) is 1. The fourth-order valence-electron chi connectivity index (χ4n) is 4.56. The van der Waals surface area contributed by atoms with E-state index in [1.165, 1.54) is 41.5 Å². The van der Waals surface area contributed by atoms with E-state index in [4.69, 9.17) is 5.73 Å². The number of imidazole rings is 1. The number of nitrogens with two attached hydrogens (primary N) is 1. The van der Waals surface area contributed by atoms with E-state index in [2.05, 4.69) is 15.6 Å². The highest BCUT2D eigenvalue weighted by molar-refractivity contribution is 7.90. The second kappa shape index (κ2) is 10.9. The number of hydrogen-bond acceptors (Lipinski definition) is 8. The van der Waals surface area contributed by atoms with Crippen LogP contribution in [0.15, 0.2) is 41.7 Å². The highest BCUT2D eigenvalue weighted by Crippen LogP contribution is 2.20. The van der Waals surface area contributed by atoms with Crippen molar-refractivity contribution in [3.05, 3.63) is 48.0 Å². The van der Waals surface area contributed by atoms with E-state index >= 15 is 0 Å². The number of benzene rings is 1. The molecule has 13 nitrogen and oxygen atoms in total. The molecule has 204 valence electrons. The Morgan fingerprint density at radius 2 is 1.95 bits per heavy atom. The molecule has 38 heavy (non-hydrogen) atoms. The van der Waals surface area contributed by atoms with Crippen LogP contribution in [0.1, 0.15) is 30.5 Å². The number of imide groups is 1. The van der Waals surface area contributed by atoms with Crippen molar-refractivity contribution in [1.29, 1.82) is 0 Å². The Bertz CT molecular complexity index is 1340. The smallest absolute Gasteiger partial charge is 0.324 e. The van der Waals surface area contributed by atoms with Crippen molar-refractivity contribution in [3.63, 3.8) is 0 Å². The number of amides is 5. The van der Waals surface area contributed by atoms with Crippen LogP contribution in [0.2, 0.25) is 0 Å². The largest absolute Gasteiger partial charge is 0.352 e. The van der Waals surface area contributed by atoms with Crippen LogP contribution in [-0.4, -0.2) is 89.2 Å². The maximum atomic E-state index is 13.1. The lowest BCUT2D eigenvalue weighted by molar-refractivity contribution is -0.139. The van der Waals surface area contributed by atoms with Crippen molar-refractivity contribution in [2.24, 2.45) is 5.73 Å². The Morgan fingerprint density at radius 3 is 2.66 bits per heavy atom. The van der Waals surface area contributed by atoms with Gasteiger partial charge in [-0.3, -0.25) is 19.7 Å². The van der Waals surface area contributed by atoms with Gasteiger partial charge in [0.15, 0.2) is 0 Å². The molecule has 3 atom stereocenters. The summed E-state index contributed by atoms with van der Waals surface area (Å²) in [5.74, 6) is -1.24. The molecule has 1 aromatic heterocycles. The number of nitrogens with zero attached hydrogens (tertiary/aromatic N) is 4. The molecule has 0 saturated carbocycles. The first-order chi connectivity index (χ1) is 18.0. The summed E-state index contributed by atoms with van der Waals surface area (Å²) in [6.07, 6.45) is 3.62. The quantitative estimate of drug-likeness (QED) is 0.392. The molecule has 2 aromatic rings. The van der Waals surface area contributed by atoms with Crippen LogP contribution >= 0.6 is 0 Å². The third-order valence-electron chi connectivity index (χ3n) is 6.84. The molecule has 3 heterocycles. The number of carbonyl (C=O) groups is 4. The Balaban J connectivity index is 1.36. The molecule has 0 spiro atoms. The van der Waals surface area contributed by atoms with Gasteiger partial charge < -0.3 is 20.9 Å². The molecule has 0 radical (unpaired) electrons. The number of likely N-dealkylation sites (tertiary alicyclic amines) is 1. The van der Waals surface area contributed by atoms with Gasteiger partial charge in [-0.15, -0.1) is 0 Å². The van der Waals surface area contributed by atoms with Crippen LogP contribution in [0.25, 0.3) is 0 Å². The van der Waals surface area contributed by atoms with Gasteiger partial charge in [0.1, 0.15) is 12.4 Å². The summed E-state index contributed by atoms with van der Waals surface area (Å²) >= 11 is 0. The predicted octanol–water partition coefficient (Wildman–Crippen LogP) is -0.654. The fraction of sp³-hybridized carbons (Fsp3) is 0.458. The van der Waals surface area contributed by atoms with E-state index in [9.17, 15) is 27.6 Å². The predicted molar refractivity (Wildman–Crippen MR) is 135 cm³/mol.